The molecule has 0 rings (SSSR count). The third-order valence-electron chi connectivity index (χ3n) is 1.05. The van der Waals surface area contributed by atoms with Gasteiger partial charge in [0.05, 0.1) is 18.3 Å². The molecule has 0 amide bonds. The second kappa shape index (κ2) is 3.94. The van der Waals surface area contributed by atoms with Crippen LogP contribution < -0.4 is 0 Å². The summed E-state index contributed by atoms with van der Waals surface area (Å²) in [7, 11) is 1.69. The fraction of sp³-hybridized carbons (Fsp3) is 1.00. The third-order valence-corrected chi connectivity index (χ3v) is 1.05. The molecule has 0 unspecified atom stereocenters. The van der Waals surface area contributed by atoms with Crippen LogP contribution in [0, 0.1) is 0 Å². The van der Waals surface area contributed by atoms with Crippen molar-refractivity contribution in [3.63, 3.8) is 0 Å². The Kier molecular flexibility index (Phi) is 3.91. The second-order valence-electron chi connectivity index (χ2n) is 3.36. The zero-order chi connectivity index (χ0) is 8.20. The standard InChI is InChI=1S/C8H18O2/c1-7(2)10-8(3,4)6-9-5/h7H,6H2,1-5H3. The van der Waals surface area contributed by atoms with Gasteiger partial charge in [-0.1, -0.05) is 0 Å². The Morgan fingerprint density at radius 2 is 1.80 bits per heavy atom. The first-order valence-electron chi connectivity index (χ1n) is 3.65. The van der Waals surface area contributed by atoms with E-state index in [1.54, 1.807) is 7.11 Å². The van der Waals surface area contributed by atoms with Crippen LogP contribution in [0.4, 0.5) is 0 Å². The highest BCUT2D eigenvalue weighted by atomic mass is 16.5. The van der Waals surface area contributed by atoms with E-state index in [1.165, 1.54) is 0 Å². The van der Waals surface area contributed by atoms with E-state index >= 15 is 0 Å². The first kappa shape index (κ1) is 9.92. The largest absolute Gasteiger partial charge is 0.382 e. The number of methoxy groups -OCH3 is 1. The smallest absolute Gasteiger partial charge is 0.0862 e. The van der Waals surface area contributed by atoms with Crippen molar-refractivity contribution in [2.24, 2.45) is 0 Å². The fourth-order valence-electron chi connectivity index (χ4n) is 1.02. The van der Waals surface area contributed by atoms with Gasteiger partial charge in [0.1, 0.15) is 0 Å². The molecule has 0 saturated heterocycles. The molecule has 0 aromatic heterocycles. The van der Waals surface area contributed by atoms with Gasteiger partial charge in [0.25, 0.3) is 0 Å². The minimum atomic E-state index is -0.150. The molecule has 0 aromatic rings. The average molecular weight is 146 g/mol. The van der Waals surface area contributed by atoms with E-state index in [1.807, 2.05) is 27.7 Å². The molecule has 0 radical (unpaired) electrons. The molecule has 0 spiro atoms. The molecule has 0 atom stereocenters. The normalized spacial score (nSPS) is 12.6. The van der Waals surface area contributed by atoms with Crippen molar-refractivity contribution >= 4 is 0 Å². The van der Waals surface area contributed by atoms with Crippen LogP contribution in [-0.2, 0) is 9.47 Å². The predicted octanol–water partition coefficient (Wildman–Crippen LogP) is 1.84. The number of rotatable bonds is 4. The molecule has 2 nitrogen and oxygen atoms in total. The summed E-state index contributed by atoms with van der Waals surface area (Å²) in [4.78, 5) is 0. The van der Waals surface area contributed by atoms with Gasteiger partial charge < -0.3 is 9.47 Å². The molecule has 0 aliphatic heterocycles. The second-order valence-corrected chi connectivity index (χ2v) is 3.36. The molecule has 0 aliphatic carbocycles. The highest BCUT2D eigenvalue weighted by Crippen LogP contribution is 2.11. The Labute approximate surface area is 63.5 Å². The van der Waals surface area contributed by atoms with Crippen molar-refractivity contribution in [2.75, 3.05) is 13.7 Å². The van der Waals surface area contributed by atoms with Crippen LogP contribution >= 0.6 is 0 Å². The lowest BCUT2D eigenvalue weighted by atomic mass is 10.1. The topological polar surface area (TPSA) is 18.5 Å². The summed E-state index contributed by atoms with van der Waals surface area (Å²) in [5.41, 5.74) is -0.150. The summed E-state index contributed by atoms with van der Waals surface area (Å²) in [5.74, 6) is 0. The van der Waals surface area contributed by atoms with E-state index in [4.69, 9.17) is 9.47 Å². The summed E-state index contributed by atoms with van der Waals surface area (Å²) < 4.78 is 10.5. The first-order chi connectivity index (χ1) is 4.48. The van der Waals surface area contributed by atoms with Gasteiger partial charge in [-0.3, -0.25) is 0 Å². The van der Waals surface area contributed by atoms with Crippen molar-refractivity contribution < 1.29 is 9.47 Å². The van der Waals surface area contributed by atoms with Crippen molar-refractivity contribution in [1.29, 1.82) is 0 Å². The quantitative estimate of drug-likeness (QED) is 0.602. The van der Waals surface area contributed by atoms with E-state index < -0.39 is 0 Å². The van der Waals surface area contributed by atoms with Crippen LogP contribution in [0.25, 0.3) is 0 Å². The number of hydrogen-bond acceptors (Lipinski definition) is 2. The first-order valence-corrected chi connectivity index (χ1v) is 3.65. The molecule has 0 bridgehead atoms. The van der Waals surface area contributed by atoms with Crippen LogP contribution in [0.5, 0.6) is 0 Å². The van der Waals surface area contributed by atoms with Gasteiger partial charge in [0.15, 0.2) is 0 Å². The summed E-state index contributed by atoms with van der Waals surface area (Å²) in [6.45, 7) is 8.74. The van der Waals surface area contributed by atoms with Crippen LogP contribution in [0.2, 0.25) is 0 Å². The molecule has 0 heterocycles. The van der Waals surface area contributed by atoms with Gasteiger partial charge in [-0.25, -0.2) is 0 Å². The molecule has 0 N–H and O–H groups in total. The summed E-state index contributed by atoms with van der Waals surface area (Å²) in [6, 6.07) is 0. The van der Waals surface area contributed by atoms with Crippen molar-refractivity contribution in [1.82, 2.24) is 0 Å². The summed E-state index contributed by atoms with van der Waals surface area (Å²) >= 11 is 0. The molecule has 2 heteroatoms. The Bertz CT molecular complexity index is 87.3. The highest BCUT2D eigenvalue weighted by Gasteiger charge is 2.18. The van der Waals surface area contributed by atoms with Crippen LogP contribution in [-0.4, -0.2) is 25.4 Å². The van der Waals surface area contributed by atoms with Gasteiger partial charge >= 0.3 is 0 Å². The molecular formula is C8H18O2. The van der Waals surface area contributed by atoms with Crippen LogP contribution in [0.1, 0.15) is 27.7 Å². The zero-order valence-corrected chi connectivity index (χ0v) is 7.60. The molecule has 0 fully saturated rings. The SMILES string of the molecule is COCC(C)(C)OC(C)C. The monoisotopic (exact) mass is 146 g/mol. The van der Waals surface area contributed by atoms with Crippen LogP contribution in [0.15, 0.2) is 0 Å². The Morgan fingerprint density at radius 3 is 2.10 bits per heavy atom. The van der Waals surface area contributed by atoms with Crippen molar-refractivity contribution in [3.8, 4) is 0 Å². The van der Waals surface area contributed by atoms with Crippen molar-refractivity contribution in [3.05, 3.63) is 0 Å². The lowest BCUT2D eigenvalue weighted by Gasteiger charge is -2.26. The lowest BCUT2D eigenvalue weighted by Crippen LogP contribution is -2.32. The third kappa shape index (κ3) is 4.77. The van der Waals surface area contributed by atoms with Gasteiger partial charge in [0, 0.05) is 7.11 Å². The average Bonchev–Trinajstić information content (AvgIpc) is 1.59. The fourth-order valence-corrected chi connectivity index (χ4v) is 1.02. The van der Waals surface area contributed by atoms with E-state index in [-0.39, 0.29) is 11.7 Å². The van der Waals surface area contributed by atoms with Crippen molar-refractivity contribution in [2.45, 2.75) is 39.4 Å². The zero-order valence-electron chi connectivity index (χ0n) is 7.60. The summed E-state index contributed by atoms with van der Waals surface area (Å²) in [5, 5.41) is 0. The predicted molar refractivity (Wildman–Crippen MR) is 42.2 cm³/mol. The molecule has 0 aromatic carbocycles. The Hall–Kier alpha value is -0.0800. The van der Waals surface area contributed by atoms with E-state index in [0.717, 1.165) is 0 Å². The minimum absolute atomic E-state index is 0.150. The van der Waals surface area contributed by atoms with E-state index in [9.17, 15) is 0 Å². The Morgan fingerprint density at radius 1 is 1.30 bits per heavy atom. The maximum atomic E-state index is 5.55. The van der Waals surface area contributed by atoms with E-state index in [0.29, 0.717) is 6.61 Å². The van der Waals surface area contributed by atoms with Gasteiger partial charge in [-0.05, 0) is 27.7 Å². The maximum Gasteiger partial charge on any atom is 0.0862 e. The van der Waals surface area contributed by atoms with Crippen LogP contribution in [0.3, 0.4) is 0 Å². The van der Waals surface area contributed by atoms with E-state index in [2.05, 4.69) is 0 Å². The molecule has 10 heavy (non-hydrogen) atoms. The summed E-state index contributed by atoms with van der Waals surface area (Å²) in [6.07, 6.45) is 0.269. The van der Waals surface area contributed by atoms with Gasteiger partial charge in [-0.2, -0.15) is 0 Å². The maximum absolute atomic E-state index is 5.55. The minimum Gasteiger partial charge on any atom is -0.382 e. The molecule has 0 saturated carbocycles. The van der Waals surface area contributed by atoms with Gasteiger partial charge in [-0.15, -0.1) is 0 Å². The number of ether oxygens (including phenoxy) is 2. The molecular weight excluding hydrogens is 128 g/mol. The Balaban J connectivity index is 3.63. The molecule has 0 aliphatic rings. The van der Waals surface area contributed by atoms with Gasteiger partial charge in [0.2, 0.25) is 0 Å². The highest BCUT2D eigenvalue weighted by molar-refractivity contribution is 4.67. The number of hydrogen-bond donors (Lipinski definition) is 0. The molecule has 62 valence electrons. The lowest BCUT2D eigenvalue weighted by molar-refractivity contribution is -0.0927.